The molecular weight excluding hydrogens is 188 g/mol. The monoisotopic (exact) mass is 200 g/mol. The summed E-state index contributed by atoms with van der Waals surface area (Å²) in [6.07, 6.45) is 3.76. The lowest BCUT2D eigenvalue weighted by Crippen LogP contribution is -2.11. The van der Waals surface area contributed by atoms with Gasteiger partial charge < -0.3 is 9.47 Å². The molecule has 4 heteroatoms. The number of allylic oxidation sites excluding steroid dienone is 1. The number of nitriles is 2. The first-order valence-electron chi connectivity index (χ1n) is 4.44. The predicted octanol–water partition coefficient (Wildman–Crippen LogP) is 1.34. The molecule has 1 heterocycles. The maximum Gasteiger partial charge on any atom is 0.153 e. The van der Waals surface area contributed by atoms with E-state index in [4.69, 9.17) is 10.5 Å². The van der Waals surface area contributed by atoms with Crippen LogP contribution in [0, 0.1) is 22.7 Å². The number of aryl methyl sites for hydroxylation is 1. The van der Waals surface area contributed by atoms with Gasteiger partial charge in [0.2, 0.25) is 0 Å². The second-order valence-electron chi connectivity index (χ2n) is 3.41. The highest BCUT2D eigenvalue weighted by Crippen LogP contribution is 2.20. The summed E-state index contributed by atoms with van der Waals surface area (Å²) >= 11 is 0. The lowest BCUT2D eigenvalue weighted by molar-refractivity contribution is 0.590. The third-order valence-electron chi connectivity index (χ3n) is 2.01. The zero-order valence-electron chi connectivity index (χ0n) is 9.02. The maximum atomic E-state index is 8.85. The minimum atomic E-state index is 0.131. The average molecular weight is 200 g/mol. The highest BCUT2D eigenvalue weighted by molar-refractivity contribution is 5.73. The molecule has 0 unspecified atom stereocenters. The van der Waals surface area contributed by atoms with E-state index in [2.05, 4.69) is 0 Å². The molecule has 0 saturated heterocycles. The van der Waals surface area contributed by atoms with Gasteiger partial charge in [0.05, 0.1) is 5.70 Å². The Labute approximate surface area is 89.3 Å². The lowest BCUT2D eigenvalue weighted by atomic mass is 10.1. The average Bonchev–Trinajstić information content (AvgIpc) is 2.59. The van der Waals surface area contributed by atoms with E-state index in [0.29, 0.717) is 5.70 Å². The number of hydrogen-bond acceptors (Lipinski definition) is 3. The van der Waals surface area contributed by atoms with E-state index in [-0.39, 0.29) is 5.57 Å². The second kappa shape index (κ2) is 4.34. The molecule has 0 saturated carbocycles. The van der Waals surface area contributed by atoms with Crippen LogP contribution in [-0.4, -0.2) is 23.6 Å². The molecule has 4 nitrogen and oxygen atoms in total. The van der Waals surface area contributed by atoms with Crippen LogP contribution in [0.4, 0.5) is 0 Å². The van der Waals surface area contributed by atoms with Crippen LogP contribution in [0.25, 0.3) is 5.70 Å². The van der Waals surface area contributed by atoms with Crippen LogP contribution in [0.15, 0.2) is 24.0 Å². The van der Waals surface area contributed by atoms with Crippen molar-refractivity contribution < 1.29 is 0 Å². The fraction of sp³-hybridized carbons (Fsp3) is 0.273. The van der Waals surface area contributed by atoms with Gasteiger partial charge in [0.15, 0.2) is 5.57 Å². The van der Waals surface area contributed by atoms with Crippen molar-refractivity contribution in [3.05, 3.63) is 29.6 Å². The smallest absolute Gasteiger partial charge is 0.153 e. The summed E-state index contributed by atoms with van der Waals surface area (Å²) in [6.45, 7) is 0. The maximum absolute atomic E-state index is 8.85. The minimum Gasteiger partial charge on any atom is -0.375 e. The highest BCUT2D eigenvalue weighted by atomic mass is 15.1. The van der Waals surface area contributed by atoms with Gasteiger partial charge in [-0.05, 0) is 6.07 Å². The van der Waals surface area contributed by atoms with E-state index < -0.39 is 0 Å². The Hall–Kier alpha value is -2.20. The van der Waals surface area contributed by atoms with Crippen molar-refractivity contribution in [3.8, 4) is 12.1 Å². The van der Waals surface area contributed by atoms with Gasteiger partial charge in [-0.1, -0.05) is 0 Å². The van der Waals surface area contributed by atoms with E-state index in [1.54, 1.807) is 4.90 Å². The van der Waals surface area contributed by atoms with Crippen molar-refractivity contribution in [2.45, 2.75) is 0 Å². The normalized spacial score (nSPS) is 8.87. The van der Waals surface area contributed by atoms with Crippen LogP contribution in [0.5, 0.6) is 0 Å². The molecule has 1 aromatic rings. The highest BCUT2D eigenvalue weighted by Gasteiger charge is 2.11. The number of aromatic nitrogens is 1. The predicted molar refractivity (Wildman–Crippen MR) is 57.2 cm³/mol. The van der Waals surface area contributed by atoms with Gasteiger partial charge in [0, 0.05) is 39.1 Å². The van der Waals surface area contributed by atoms with Crippen LogP contribution in [0.2, 0.25) is 0 Å². The SMILES string of the molecule is CN(C)C(=C(C#N)C#N)c1ccn(C)c1. The van der Waals surface area contributed by atoms with Gasteiger partial charge in [0.25, 0.3) is 0 Å². The van der Waals surface area contributed by atoms with E-state index in [1.165, 1.54) is 0 Å². The van der Waals surface area contributed by atoms with Crippen molar-refractivity contribution in [1.82, 2.24) is 9.47 Å². The fourth-order valence-electron chi connectivity index (χ4n) is 1.40. The van der Waals surface area contributed by atoms with Gasteiger partial charge in [0.1, 0.15) is 12.1 Å². The summed E-state index contributed by atoms with van der Waals surface area (Å²) in [7, 11) is 5.53. The zero-order chi connectivity index (χ0) is 11.4. The van der Waals surface area contributed by atoms with Crippen LogP contribution in [0.3, 0.4) is 0 Å². The summed E-state index contributed by atoms with van der Waals surface area (Å²) in [5.41, 5.74) is 1.66. The van der Waals surface area contributed by atoms with Crippen LogP contribution < -0.4 is 0 Å². The first-order chi connectivity index (χ1) is 7.10. The first-order valence-corrected chi connectivity index (χ1v) is 4.44. The lowest BCUT2D eigenvalue weighted by Gasteiger charge is -2.15. The summed E-state index contributed by atoms with van der Waals surface area (Å²) in [5, 5.41) is 17.7. The molecule has 0 aromatic carbocycles. The number of rotatable bonds is 2. The van der Waals surface area contributed by atoms with Crippen molar-refractivity contribution in [2.24, 2.45) is 7.05 Å². The van der Waals surface area contributed by atoms with Gasteiger partial charge in [-0.2, -0.15) is 10.5 Å². The molecule has 0 N–H and O–H groups in total. The Bertz CT molecular complexity index is 450. The van der Waals surface area contributed by atoms with E-state index >= 15 is 0 Å². The third-order valence-corrected chi connectivity index (χ3v) is 2.01. The largest absolute Gasteiger partial charge is 0.375 e. The molecule has 1 aromatic heterocycles. The first kappa shape index (κ1) is 10.9. The molecule has 0 aliphatic carbocycles. The molecule has 0 aliphatic rings. The molecule has 0 aliphatic heterocycles. The fourth-order valence-corrected chi connectivity index (χ4v) is 1.40. The van der Waals surface area contributed by atoms with Gasteiger partial charge >= 0.3 is 0 Å². The van der Waals surface area contributed by atoms with E-state index in [0.717, 1.165) is 5.56 Å². The van der Waals surface area contributed by atoms with E-state index in [1.807, 2.05) is 56.3 Å². The van der Waals surface area contributed by atoms with Crippen molar-refractivity contribution in [1.29, 1.82) is 10.5 Å². The minimum absolute atomic E-state index is 0.131. The summed E-state index contributed by atoms with van der Waals surface area (Å²) in [4.78, 5) is 1.77. The van der Waals surface area contributed by atoms with Gasteiger partial charge in [-0.15, -0.1) is 0 Å². The Kier molecular flexibility index (Phi) is 3.15. The van der Waals surface area contributed by atoms with Crippen LogP contribution >= 0.6 is 0 Å². The molecular formula is C11H12N4. The molecule has 0 spiro atoms. The third kappa shape index (κ3) is 2.18. The number of nitrogens with zero attached hydrogens (tertiary/aromatic N) is 4. The van der Waals surface area contributed by atoms with Gasteiger partial charge in [-0.3, -0.25) is 0 Å². The Morgan fingerprint density at radius 3 is 2.27 bits per heavy atom. The molecule has 0 fully saturated rings. The molecule has 0 amide bonds. The molecule has 15 heavy (non-hydrogen) atoms. The van der Waals surface area contributed by atoms with Crippen LogP contribution in [-0.2, 0) is 7.05 Å². The second-order valence-corrected chi connectivity index (χ2v) is 3.41. The summed E-state index contributed by atoms with van der Waals surface area (Å²) in [6, 6.07) is 5.70. The zero-order valence-corrected chi connectivity index (χ0v) is 9.02. The van der Waals surface area contributed by atoms with E-state index in [9.17, 15) is 0 Å². The van der Waals surface area contributed by atoms with Gasteiger partial charge in [-0.25, -0.2) is 0 Å². The van der Waals surface area contributed by atoms with Crippen molar-refractivity contribution in [2.75, 3.05) is 14.1 Å². The van der Waals surface area contributed by atoms with Crippen LogP contribution in [0.1, 0.15) is 5.56 Å². The van der Waals surface area contributed by atoms with Crippen molar-refractivity contribution in [3.63, 3.8) is 0 Å². The standard InChI is InChI=1S/C11H12N4/c1-14(2)11(10(6-12)7-13)9-4-5-15(3)8-9/h4-5,8H,1-3H3. The Balaban J connectivity index is 3.35. The summed E-state index contributed by atoms with van der Waals surface area (Å²) < 4.78 is 1.88. The molecule has 0 atom stereocenters. The Morgan fingerprint density at radius 1 is 1.33 bits per heavy atom. The quantitative estimate of drug-likeness (QED) is 0.677. The topological polar surface area (TPSA) is 55.8 Å². The van der Waals surface area contributed by atoms with Crippen molar-refractivity contribution >= 4 is 5.70 Å². The number of hydrogen-bond donors (Lipinski definition) is 0. The Morgan fingerprint density at radius 2 is 1.93 bits per heavy atom. The molecule has 0 radical (unpaired) electrons. The summed E-state index contributed by atoms with van der Waals surface area (Å²) in [5.74, 6) is 0. The molecule has 0 bridgehead atoms. The molecule has 76 valence electrons. The molecule has 1 rings (SSSR count).